The maximum Gasteiger partial charge on any atom is 0.217 e. The number of ether oxygens (including phenoxy) is 15. The number of aliphatic hydroxyl groups excluding tert-OH is 12. The van der Waals surface area contributed by atoms with Gasteiger partial charge in [0.1, 0.15) is 18.2 Å². The molecule has 0 saturated carbocycles. The minimum absolute atomic E-state index is 0. The summed E-state index contributed by atoms with van der Waals surface area (Å²) < 4.78 is 80.1. The summed E-state index contributed by atoms with van der Waals surface area (Å²) in [5.74, 6) is 0.434. The molecule has 23 N–H and O–H groups in total. The fraction of sp³-hybridized carbons (Fsp3) is 0.829. The molecule has 1 amide bonds. The van der Waals surface area contributed by atoms with Crippen LogP contribution in [0.2, 0.25) is 0 Å². The van der Waals surface area contributed by atoms with E-state index in [0.717, 1.165) is 32.1 Å². The number of carbonyl (C=O) groups is 1. The van der Waals surface area contributed by atoms with Crippen LogP contribution in [0.1, 0.15) is 136 Å². The SMILES string of the molecule is C=C1[CH-]OCC(C)C1O.CC1CO[CH-]C(CO)C1O.CCC1CC(C)[CH-]C(OC)O1.CCC1CC(O)C(NC(C)=O)C(OC2[CH-]OCC(O)C2O)O1.CCC1CC(O)[CH-]C(OC)O1.CCC1CC(O)[CH-]C(OC2[CH-]OCC(C)C2O)O1.CCC1CC(O)[CH-]C(OC2[CH-]OCC(O)C2O)O1.O.O.O.O.O.[2HH].[HH].[W].[W].[W].[W].[W].[Y].[Y].[Y].[Y]. The summed E-state index contributed by atoms with van der Waals surface area (Å²) in [7, 11) is 3.26. The maximum absolute atomic E-state index is 11.3. The summed E-state index contributed by atoms with van der Waals surface area (Å²) in [4.78, 5) is 11.3. The van der Waals surface area contributed by atoms with E-state index in [2.05, 4.69) is 32.2 Å². The molecule has 0 aromatic heterocycles. The van der Waals surface area contributed by atoms with Gasteiger partial charge >= 0.3 is 0 Å². The topological polar surface area (TPSA) is 568 Å². The van der Waals surface area contributed by atoms with Crippen LogP contribution in [0.15, 0.2) is 12.2 Å². The zero-order valence-electron chi connectivity index (χ0n) is 66.8. The largest absolute Gasteiger partial charge is 0.551 e. The summed E-state index contributed by atoms with van der Waals surface area (Å²) in [5, 5.41) is 118. The van der Waals surface area contributed by atoms with Crippen LogP contribution in [-0.4, -0.2) is 302 Å². The molecule has 0 aromatic rings. The van der Waals surface area contributed by atoms with Gasteiger partial charge in [0, 0.05) is 355 Å². The molecular weight excluding hydrogens is 2660 g/mol. The first kappa shape index (κ1) is 142. The van der Waals surface area contributed by atoms with Crippen molar-refractivity contribution in [1.29, 1.82) is 0 Å². The van der Waals surface area contributed by atoms with Gasteiger partial charge in [-0.15, -0.1) is 6.61 Å². The van der Waals surface area contributed by atoms with Crippen molar-refractivity contribution in [3.05, 3.63) is 70.9 Å². The van der Waals surface area contributed by atoms with Gasteiger partial charge in [-0.3, -0.25) is 11.2 Å². The average Bonchev–Trinajstić information content (AvgIpc) is 0.819. The van der Waals surface area contributed by atoms with E-state index >= 15 is 0 Å². The fourth-order valence-electron chi connectivity index (χ4n) is 11.5. The van der Waals surface area contributed by atoms with Crippen LogP contribution in [0.4, 0.5) is 0 Å². The predicted octanol–water partition coefficient (Wildman–Crippen LogP) is -1.71. The summed E-state index contributed by atoms with van der Waals surface area (Å²) in [6, 6.07) is -0.750. The Morgan fingerprint density at radius 2 is 0.805 bits per heavy atom. The molecule has 0 spiro atoms. The Labute approximate surface area is 845 Å². The normalized spacial score (nSPS) is 37.2. The number of carbonyl (C=O) groups excluding carboxylic acids is 1. The molecule has 30 atom stereocenters. The first-order chi connectivity index (χ1) is 47.1. The van der Waals surface area contributed by atoms with Crippen molar-refractivity contribution >= 4 is 5.91 Å². The molecule has 10 rings (SSSR count). The number of nitrogens with one attached hydrogen (secondary N) is 1. The van der Waals surface area contributed by atoms with Gasteiger partial charge in [-0.25, -0.2) is 32.4 Å². The van der Waals surface area contributed by atoms with Crippen LogP contribution in [0, 0.1) is 88.3 Å². The van der Waals surface area contributed by atoms with E-state index in [1.807, 2.05) is 48.5 Å². The molecule has 4 radical (unpaired) electrons. The molecule has 10 aliphatic rings. The van der Waals surface area contributed by atoms with Crippen LogP contribution >= 0.6 is 0 Å². The smallest absolute Gasteiger partial charge is 0.217 e. The van der Waals surface area contributed by atoms with Crippen molar-refractivity contribution in [2.24, 2.45) is 29.6 Å². The molecule has 670 valence electrons. The van der Waals surface area contributed by atoms with Crippen molar-refractivity contribution in [2.45, 2.75) is 287 Å². The fourth-order valence-corrected chi connectivity index (χ4v) is 11.5. The second-order valence-electron chi connectivity index (χ2n) is 26.6. The Hall–Kier alpha value is 5.66. The van der Waals surface area contributed by atoms with E-state index < -0.39 is 104 Å². The molecule has 30 unspecified atom stereocenters. The van der Waals surface area contributed by atoms with Crippen molar-refractivity contribution in [1.82, 2.24) is 5.32 Å². The van der Waals surface area contributed by atoms with E-state index in [9.17, 15) is 61.0 Å². The molecule has 10 saturated heterocycles. The third-order valence-electron chi connectivity index (χ3n) is 17.9. The van der Waals surface area contributed by atoms with Gasteiger partial charge in [0.2, 0.25) is 5.91 Å². The summed E-state index contributed by atoms with van der Waals surface area (Å²) >= 11 is 0. The number of aliphatic hydroxyl groups is 12. The third kappa shape index (κ3) is 53.4. The minimum atomic E-state index is -1.16. The second kappa shape index (κ2) is 78.7. The van der Waals surface area contributed by atoms with Crippen LogP contribution < -0.4 is 5.32 Å². The minimum Gasteiger partial charge on any atom is -0.551 e. The molecule has 0 bridgehead atoms. The first-order valence-electron chi connectivity index (χ1n) is 35.1. The van der Waals surface area contributed by atoms with Crippen LogP contribution in [-0.2, 0) is 312 Å². The average molecular weight is 2800 g/mol. The Morgan fingerprint density at radius 1 is 0.460 bits per heavy atom. The standard InChI is InChI=1S/C14H24NO7.C13H22O5.C12H20O6.C9H17O2.C8H15O3.C7H13O3.C7H11O2.5H2O.5W.4Y.2H2/c1-3-8-4-9(17)12(15-7(2)16)14(21-8)22-11-6-20-5-10(18)13(11)19;1-3-10-4-9(14)5-12(17-10)18-11-7-16-6-8(2)13(11)15;1-2-8-3-7(13)4-11(17-8)18-10-6-16-5-9(14)12(10)15;1-4-8-5-7(2)6-9(10-3)11-8;1-3-7-4-6(9)5-8(10-2)11-7;1-5-3-10-4-6(2-8)7(5)9;1-5-3-9-4-6(2)7(5)8;;;;;;;;;;;;;;;;/h6,8-14,17-19H,3-5H2,1-2H3,(H,15,16);5,7-15H,3-4,6H2,1-2H3;4,6-15H,2-3,5H2,1H3;6-9H,4-5H2,1-3H3;5-9H,3-4H2,1-2H3;4-9H,2-3H2,1H3;3,6-8H,1,4H2,2H3;5*1H2;;;;;;;;;;2*1H/q-1;2*-2;4*-1;;;;;;;;;;;;;;;;/i;;;;;;;;;;;;;;;;;;;;;1+1;. The summed E-state index contributed by atoms with van der Waals surface area (Å²) in [6.07, 6.45) is 1.99. The number of hydrogen-bond donors (Lipinski definition) is 13. The van der Waals surface area contributed by atoms with Crippen LogP contribution in [0.5, 0.6) is 0 Å². The number of methoxy groups -OCH3 is 2. The van der Waals surface area contributed by atoms with Gasteiger partial charge in [0.05, 0.1) is 61.0 Å². The van der Waals surface area contributed by atoms with E-state index in [4.69, 9.17) is 76.2 Å². The Kier molecular flexibility index (Phi) is 98.7. The molecule has 10 aliphatic heterocycles. The monoisotopic (exact) mass is 2800 g/mol. The molecule has 43 heteroatoms. The summed E-state index contributed by atoms with van der Waals surface area (Å²) in [5.41, 5.74) is 0.675. The Morgan fingerprint density at radius 3 is 1.19 bits per heavy atom. The van der Waals surface area contributed by atoms with Gasteiger partial charge in [0.15, 0.2) is 6.29 Å². The van der Waals surface area contributed by atoms with Crippen LogP contribution in [0.25, 0.3) is 0 Å². The van der Waals surface area contributed by atoms with E-state index in [1.54, 1.807) is 27.1 Å². The van der Waals surface area contributed by atoms with Crippen molar-refractivity contribution in [3.8, 4) is 0 Å². The molecule has 0 aromatic carbocycles. The van der Waals surface area contributed by atoms with E-state index in [0.29, 0.717) is 69.5 Å². The van der Waals surface area contributed by atoms with Gasteiger partial charge < -0.3 is 165 Å². The zero-order chi connectivity index (χ0) is 73.5. The van der Waals surface area contributed by atoms with Crippen LogP contribution in [0.3, 0.4) is 0 Å². The Balaban J connectivity index is -0.0000000956. The van der Waals surface area contributed by atoms with Crippen molar-refractivity contribution < 1.29 is 404 Å². The van der Waals surface area contributed by atoms with Gasteiger partial charge in [-0.2, -0.15) is 31.3 Å². The van der Waals surface area contributed by atoms with E-state index in [1.165, 1.54) is 46.4 Å². The molecule has 34 nitrogen and oxygen atoms in total. The number of amides is 1. The zero-order valence-corrected chi connectivity index (χ0v) is 92.8. The summed E-state index contributed by atoms with van der Waals surface area (Å²) in [6.45, 7) is 31.8. The van der Waals surface area contributed by atoms with Crippen molar-refractivity contribution in [3.63, 3.8) is 0 Å². The van der Waals surface area contributed by atoms with Crippen molar-refractivity contribution in [2.75, 3.05) is 53.9 Å². The Bertz CT molecular complexity index is 2110. The molecule has 10 fully saturated rings. The number of hydrogen-bond acceptors (Lipinski definition) is 28. The predicted molar refractivity (Wildman–Crippen MR) is 377 cm³/mol. The van der Waals surface area contributed by atoms with E-state index in [-0.39, 0.29) is 359 Å². The van der Waals surface area contributed by atoms with Gasteiger partial charge in [0.25, 0.3) is 0 Å². The first-order valence-corrected chi connectivity index (χ1v) is 35.1. The quantitative estimate of drug-likeness (QED) is 0.0812. The third-order valence-corrected chi connectivity index (χ3v) is 17.9. The molecule has 113 heavy (non-hydrogen) atoms. The molecule has 10 heterocycles. The second-order valence-corrected chi connectivity index (χ2v) is 26.6. The van der Waals surface area contributed by atoms with Gasteiger partial charge in [-0.05, 0) is 69.7 Å². The molecular formula is C70H136NO33W5Y4-9. The number of rotatable bonds is 15. The molecule has 0 aliphatic carbocycles. The van der Waals surface area contributed by atoms with Gasteiger partial charge in [-0.1, -0.05) is 93.0 Å². The maximum atomic E-state index is 11.3.